The van der Waals surface area contributed by atoms with Crippen LogP contribution in [0.3, 0.4) is 0 Å². The van der Waals surface area contributed by atoms with Gasteiger partial charge in [0.2, 0.25) is 5.91 Å². The molecule has 0 spiro atoms. The highest BCUT2D eigenvalue weighted by molar-refractivity contribution is 5.86. The summed E-state index contributed by atoms with van der Waals surface area (Å²) in [6.45, 7) is 8.47. The van der Waals surface area contributed by atoms with Crippen molar-refractivity contribution in [1.82, 2.24) is 10.6 Å². The second-order valence-electron chi connectivity index (χ2n) is 8.04. The Kier molecular flexibility index (Phi) is 7.32. The van der Waals surface area contributed by atoms with E-state index in [2.05, 4.69) is 21.6 Å². The molecule has 0 radical (unpaired) electrons. The first-order valence-electron chi connectivity index (χ1n) is 9.79. The predicted octanol–water partition coefficient (Wildman–Crippen LogP) is 2.57. The molecule has 8 nitrogen and oxygen atoms in total. The Bertz CT molecular complexity index is 782. The molecule has 1 aliphatic heterocycles. The monoisotopic (exact) mass is 402 g/mol. The molecule has 2 amide bonds. The lowest BCUT2D eigenvalue weighted by atomic mass is 10.1. The predicted molar refractivity (Wildman–Crippen MR) is 110 cm³/mol. The van der Waals surface area contributed by atoms with E-state index < -0.39 is 17.7 Å². The van der Waals surface area contributed by atoms with Crippen LogP contribution in [-0.4, -0.2) is 49.9 Å². The minimum Gasteiger partial charge on any atom is -0.497 e. The third-order valence-corrected chi connectivity index (χ3v) is 4.62. The molecule has 1 aliphatic rings. The Hall–Kier alpha value is -2.95. The van der Waals surface area contributed by atoms with E-state index in [1.807, 2.05) is 19.1 Å². The van der Waals surface area contributed by atoms with Gasteiger partial charge in [0.1, 0.15) is 23.5 Å². The zero-order chi connectivity index (χ0) is 21.6. The summed E-state index contributed by atoms with van der Waals surface area (Å²) >= 11 is 0. The Labute approximate surface area is 172 Å². The molecule has 2 N–H and O–H groups in total. The number of methoxy groups -OCH3 is 1. The topological polar surface area (TPSA) is 104 Å². The number of carbonyl (C=O) groups excluding carboxylic acids is 2. The summed E-state index contributed by atoms with van der Waals surface area (Å²) in [5, 5.41) is 15.1. The number of benzene rings is 1. The van der Waals surface area contributed by atoms with Gasteiger partial charge in [-0.05, 0) is 51.8 Å². The van der Waals surface area contributed by atoms with Gasteiger partial charge in [-0.1, -0.05) is 6.92 Å². The summed E-state index contributed by atoms with van der Waals surface area (Å²) in [6.07, 6.45) is 0.605. The summed E-state index contributed by atoms with van der Waals surface area (Å²) in [6, 6.07) is 6.87. The fraction of sp³-hybridized carbons (Fsp3) is 0.571. The molecule has 1 saturated heterocycles. The van der Waals surface area contributed by atoms with E-state index in [1.165, 1.54) is 0 Å². The number of carbonyl (C=O) groups is 2. The number of alkyl carbamates (subject to hydrolysis) is 1. The first-order chi connectivity index (χ1) is 13.7. The van der Waals surface area contributed by atoms with Crippen LogP contribution in [-0.2, 0) is 9.53 Å². The number of rotatable bonds is 6. The Morgan fingerprint density at radius 1 is 1.38 bits per heavy atom. The minimum atomic E-state index is -0.658. The van der Waals surface area contributed by atoms with Crippen molar-refractivity contribution in [3.05, 3.63) is 23.8 Å². The van der Waals surface area contributed by atoms with E-state index in [1.54, 1.807) is 33.9 Å². The molecule has 2 rings (SSSR count). The number of nitrogens with one attached hydrogen (secondary N) is 2. The molecule has 1 aromatic carbocycles. The number of anilines is 1. The van der Waals surface area contributed by atoms with Crippen LogP contribution in [0.2, 0.25) is 0 Å². The van der Waals surface area contributed by atoms with Crippen molar-refractivity contribution >= 4 is 17.7 Å². The van der Waals surface area contributed by atoms with Gasteiger partial charge in [-0.15, -0.1) is 0 Å². The van der Waals surface area contributed by atoms with Crippen molar-refractivity contribution in [1.29, 1.82) is 5.26 Å². The van der Waals surface area contributed by atoms with Crippen LogP contribution in [0.15, 0.2) is 18.2 Å². The van der Waals surface area contributed by atoms with E-state index in [4.69, 9.17) is 9.47 Å². The van der Waals surface area contributed by atoms with E-state index in [0.717, 1.165) is 18.7 Å². The summed E-state index contributed by atoms with van der Waals surface area (Å²) in [5.41, 5.74) is 0.736. The number of hydrogen-bond acceptors (Lipinski definition) is 6. The number of ether oxygens (including phenoxy) is 2. The smallest absolute Gasteiger partial charge is 0.408 e. The van der Waals surface area contributed by atoms with Crippen LogP contribution in [0, 0.1) is 11.3 Å². The normalized spacial score (nSPS) is 17.2. The van der Waals surface area contributed by atoms with E-state index in [9.17, 15) is 14.9 Å². The zero-order valence-electron chi connectivity index (χ0n) is 17.7. The van der Waals surface area contributed by atoms with Gasteiger partial charge in [-0.3, -0.25) is 4.79 Å². The molecular formula is C21H30N4O4. The van der Waals surface area contributed by atoms with Gasteiger partial charge in [0, 0.05) is 19.1 Å². The Morgan fingerprint density at radius 3 is 2.69 bits per heavy atom. The fourth-order valence-corrected chi connectivity index (χ4v) is 3.21. The van der Waals surface area contributed by atoms with Crippen LogP contribution in [0.25, 0.3) is 0 Å². The largest absolute Gasteiger partial charge is 0.497 e. The van der Waals surface area contributed by atoms with Crippen molar-refractivity contribution < 1.29 is 19.1 Å². The van der Waals surface area contributed by atoms with Crippen LogP contribution in [0.1, 0.15) is 46.1 Å². The molecular weight excluding hydrogens is 372 g/mol. The quantitative estimate of drug-likeness (QED) is 0.758. The van der Waals surface area contributed by atoms with Crippen LogP contribution < -0.4 is 20.3 Å². The van der Waals surface area contributed by atoms with Gasteiger partial charge >= 0.3 is 6.09 Å². The highest BCUT2D eigenvalue weighted by Gasteiger charge is 2.29. The van der Waals surface area contributed by atoms with E-state index in [-0.39, 0.29) is 11.9 Å². The third kappa shape index (κ3) is 6.28. The maximum Gasteiger partial charge on any atom is 0.408 e. The first kappa shape index (κ1) is 22.3. The molecule has 0 saturated carbocycles. The zero-order valence-corrected chi connectivity index (χ0v) is 17.7. The molecule has 1 aromatic rings. The highest BCUT2D eigenvalue weighted by atomic mass is 16.6. The Balaban J connectivity index is 1.96. The molecule has 1 heterocycles. The van der Waals surface area contributed by atoms with Gasteiger partial charge in [-0.25, -0.2) is 4.79 Å². The molecule has 29 heavy (non-hydrogen) atoms. The van der Waals surface area contributed by atoms with Crippen molar-refractivity contribution in [3.8, 4) is 11.8 Å². The van der Waals surface area contributed by atoms with E-state index in [0.29, 0.717) is 24.3 Å². The second kappa shape index (κ2) is 9.50. The SMILES string of the molecule is CCC(NC(=O)OC(C)(C)C)C(=O)NC1CCN(c2ccc(OC)cc2C#N)C1. The molecule has 8 heteroatoms. The molecule has 2 atom stereocenters. The second-order valence-corrected chi connectivity index (χ2v) is 8.04. The van der Waals surface area contributed by atoms with Gasteiger partial charge in [0.25, 0.3) is 0 Å². The Morgan fingerprint density at radius 2 is 2.10 bits per heavy atom. The van der Waals surface area contributed by atoms with Gasteiger partial charge < -0.3 is 25.0 Å². The van der Waals surface area contributed by atoms with Gasteiger partial charge in [0.15, 0.2) is 0 Å². The average Bonchev–Trinajstić information content (AvgIpc) is 3.12. The fourth-order valence-electron chi connectivity index (χ4n) is 3.21. The number of amides is 2. The van der Waals surface area contributed by atoms with Crippen LogP contribution in [0.4, 0.5) is 10.5 Å². The summed E-state index contributed by atoms with van der Waals surface area (Å²) in [4.78, 5) is 26.7. The molecule has 158 valence electrons. The maximum absolute atomic E-state index is 12.6. The number of hydrogen-bond donors (Lipinski definition) is 2. The van der Waals surface area contributed by atoms with Crippen molar-refractivity contribution in [2.75, 3.05) is 25.1 Å². The maximum atomic E-state index is 12.6. The molecule has 0 bridgehead atoms. The average molecular weight is 402 g/mol. The summed E-state index contributed by atoms with van der Waals surface area (Å²) < 4.78 is 10.4. The molecule has 1 fully saturated rings. The van der Waals surface area contributed by atoms with Crippen LogP contribution >= 0.6 is 0 Å². The van der Waals surface area contributed by atoms with E-state index >= 15 is 0 Å². The van der Waals surface area contributed by atoms with Crippen molar-refractivity contribution in [3.63, 3.8) is 0 Å². The van der Waals surface area contributed by atoms with Crippen LogP contribution in [0.5, 0.6) is 5.75 Å². The van der Waals surface area contributed by atoms with Gasteiger partial charge in [0.05, 0.1) is 18.4 Å². The standard InChI is InChI=1S/C21H30N4O4/c1-6-17(24-20(27)29-21(2,3)4)19(26)23-15-9-10-25(13-15)18-8-7-16(28-5)11-14(18)12-22/h7-8,11,15,17H,6,9-10,13H2,1-5H3,(H,23,26)(H,24,27). The third-order valence-electron chi connectivity index (χ3n) is 4.62. The molecule has 2 unspecified atom stereocenters. The summed E-state index contributed by atoms with van der Waals surface area (Å²) in [5.74, 6) is 0.397. The molecule has 0 aromatic heterocycles. The first-order valence-corrected chi connectivity index (χ1v) is 9.79. The van der Waals surface area contributed by atoms with Crippen molar-refractivity contribution in [2.45, 2.75) is 58.2 Å². The van der Waals surface area contributed by atoms with Crippen molar-refractivity contribution in [2.24, 2.45) is 0 Å². The summed E-state index contributed by atoms with van der Waals surface area (Å²) in [7, 11) is 1.56. The lowest BCUT2D eigenvalue weighted by Gasteiger charge is -2.24. The molecule has 0 aliphatic carbocycles. The number of nitrogens with zero attached hydrogens (tertiary/aromatic N) is 2. The lowest BCUT2D eigenvalue weighted by molar-refractivity contribution is -0.123. The highest BCUT2D eigenvalue weighted by Crippen LogP contribution is 2.27. The van der Waals surface area contributed by atoms with Gasteiger partial charge in [-0.2, -0.15) is 5.26 Å². The number of nitriles is 1. The lowest BCUT2D eigenvalue weighted by Crippen LogP contribution is -2.50. The minimum absolute atomic E-state index is 0.0642.